The van der Waals surface area contributed by atoms with E-state index in [2.05, 4.69) is 10.4 Å². The van der Waals surface area contributed by atoms with Gasteiger partial charge in [-0.3, -0.25) is 20.2 Å². The van der Waals surface area contributed by atoms with E-state index in [0.717, 1.165) is 0 Å². The molecule has 0 aromatic heterocycles. The van der Waals surface area contributed by atoms with Gasteiger partial charge < -0.3 is 15.8 Å². The first kappa shape index (κ1) is 11.1. The number of hydrogen-bond donors (Lipinski definition) is 2. The van der Waals surface area contributed by atoms with Crippen LogP contribution in [-0.4, -0.2) is 20.8 Å². The molecule has 1 heterocycles. The van der Waals surface area contributed by atoms with Gasteiger partial charge in [0.2, 0.25) is 5.82 Å². The van der Waals surface area contributed by atoms with Crippen molar-refractivity contribution in [2.75, 3.05) is 0 Å². The number of nitrogens with one attached hydrogen (secondary N) is 2. The van der Waals surface area contributed by atoms with Gasteiger partial charge in [0.15, 0.2) is 0 Å². The molecule has 0 aromatic rings. The molecule has 13 heteroatoms. The molecule has 0 radical (unpaired) electrons. The number of nitro groups is 3. The highest BCUT2D eigenvalue weighted by Gasteiger charge is 2.32. The van der Waals surface area contributed by atoms with Crippen LogP contribution in [0.1, 0.15) is 0 Å². The van der Waals surface area contributed by atoms with Crippen LogP contribution in [0.5, 0.6) is 0 Å². The third-order valence-electron chi connectivity index (χ3n) is 1.24. The second-order valence-electron chi connectivity index (χ2n) is 2.21. The molecule has 0 aromatic carbocycles. The largest absolute Gasteiger partial charge is 0.586 e. The van der Waals surface area contributed by atoms with Gasteiger partial charge in [0.05, 0.1) is 0 Å². The Morgan fingerprint density at radius 3 is 2.12 bits per heavy atom. The maximum Gasteiger partial charge on any atom is 0.586 e. The van der Waals surface area contributed by atoms with Crippen LogP contribution in [0.25, 0.3) is 5.43 Å². The fourth-order valence-electron chi connectivity index (χ4n) is 0.747. The van der Waals surface area contributed by atoms with E-state index >= 15 is 0 Å². The van der Waals surface area contributed by atoms with Crippen molar-refractivity contribution in [1.82, 2.24) is 10.9 Å². The zero-order valence-electron chi connectivity index (χ0n) is 7.19. The van der Waals surface area contributed by atoms with Crippen molar-refractivity contribution >= 4 is 5.96 Å². The number of nitrogens with zero attached hydrogens (tertiary/aromatic N) is 5. The Bertz CT molecular complexity index is 408. The van der Waals surface area contributed by atoms with Crippen LogP contribution in [0, 0.1) is 30.3 Å². The standard InChI is InChI=1S/C3H2N7O6/c11-8(12)2(9(13)14)1-4-3(6-5-1)7-10(15)16/h5H,(H-,4,6,7)/q-1. The van der Waals surface area contributed by atoms with E-state index in [0.29, 0.717) is 0 Å². The molecule has 2 N–H and O–H groups in total. The molecule has 0 aliphatic carbocycles. The van der Waals surface area contributed by atoms with E-state index in [9.17, 15) is 30.3 Å². The monoisotopic (exact) mass is 232 g/mol. The zero-order valence-corrected chi connectivity index (χ0v) is 7.19. The summed E-state index contributed by atoms with van der Waals surface area (Å²) in [5.74, 6) is -2.84. The molecular weight excluding hydrogens is 230 g/mol. The molecule has 86 valence electrons. The van der Waals surface area contributed by atoms with Gasteiger partial charge in [0, 0.05) is 0 Å². The minimum Gasteiger partial charge on any atom is -0.359 e. The molecule has 13 nitrogen and oxygen atoms in total. The lowest BCUT2D eigenvalue weighted by atomic mass is 10.7. The van der Waals surface area contributed by atoms with Crippen molar-refractivity contribution in [2.45, 2.75) is 0 Å². The lowest BCUT2D eigenvalue weighted by Gasteiger charge is -2.02. The van der Waals surface area contributed by atoms with Gasteiger partial charge in [-0.1, -0.05) is 5.43 Å². The Morgan fingerprint density at radius 2 is 1.69 bits per heavy atom. The van der Waals surface area contributed by atoms with Gasteiger partial charge in [0.25, 0.3) is 0 Å². The van der Waals surface area contributed by atoms with E-state index in [-0.39, 0.29) is 0 Å². The van der Waals surface area contributed by atoms with E-state index in [1.807, 2.05) is 10.9 Å². The Morgan fingerprint density at radius 1 is 1.12 bits per heavy atom. The quantitative estimate of drug-likeness (QED) is 0.444. The highest BCUT2D eigenvalue weighted by atomic mass is 16.7. The predicted octanol–water partition coefficient (Wildman–Crippen LogP) is -1.30. The average Bonchev–Trinajstić information content (AvgIpc) is 2.50. The van der Waals surface area contributed by atoms with Crippen LogP contribution < -0.4 is 10.9 Å². The zero-order chi connectivity index (χ0) is 12.3. The average molecular weight is 232 g/mol. The predicted molar refractivity (Wildman–Crippen MR) is 45.1 cm³/mol. The van der Waals surface area contributed by atoms with Crippen molar-refractivity contribution < 1.29 is 14.9 Å². The normalized spacial score (nSPS) is 13.2. The molecule has 1 rings (SSSR count). The first-order valence-corrected chi connectivity index (χ1v) is 3.41. The fourth-order valence-corrected chi connectivity index (χ4v) is 0.747. The Balaban J connectivity index is 3.01. The van der Waals surface area contributed by atoms with E-state index in [1.165, 1.54) is 0 Å². The number of hydrogen-bond acceptors (Lipinski definition) is 9. The summed E-state index contributed by atoms with van der Waals surface area (Å²) >= 11 is 0. The summed E-state index contributed by atoms with van der Waals surface area (Å²) in [6.45, 7) is 0. The van der Waals surface area contributed by atoms with Gasteiger partial charge in [-0.15, -0.1) is 0 Å². The number of guanidine groups is 1. The molecule has 0 unspecified atom stereocenters. The van der Waals surface area contributed by atoms with Crippen molar-refractivity contribution in [3.8, 4) is 0 Å². The van der Waals surface area contributed by atoms with Gasteiger partial charge in [0.1, 0.15) is 20.8 Å². The Labute approximate surface area is 85.2 Å². The minimum absolute atomic E-state index is 0.624. The molecule has 1 aliphatic rings. The fraction of sp³-hybridized carbons (Fsp3) is 0. The molecule has 0 saturated heterocycles. The van der Waals surface area contributed by atoms with E-state index in [1.54, 1.807) is 0 Å². The van der Waals surface area contributed by atoms with E-state index in [4.69, 9.17) is 0 Å². The summed E-state index contributed by atoms with van der Waals surface area (Å²) in [6, 6.07) is 0. The molecule has 0 bridgehead atoms. The molecule has 0 amide bonds. The van der Waals surface area contributed by atoms with Crippen LogP contribution >= 0.6 is 0 Å². The molecule has 0 saturated carbocycles. The van der Waals surface area contributed by atoms with Crippen LogP contribution in [0.4, 0.5) is 0 Å². The number of aliphatic imine (C=N–C) groups is 1. The second-order valence-corrected chi connectivity index (χ2v) is 2.21. The number of hydrazine groups is 1. The Hall–Kier alpha value is -2.99. The SMILES string of the molecule is O=[N+]([O-])[N-]C1=NC(=C([N+](=O)[O-])[N+](=O)[O-])NN1. The van der Waals surface area contributed by atoms with Crippen molar-refractivity contribution in [2.24, 2.45) is 4.99 Å². The maximum atomic E-state index is 10.3. The topological polar surface area (TPSA) is 180 Å². The molecule has 0 spiro atoms. The van der Waals surface area contributed by atoms with Crippen LogP contribution in [0.15, 0.2) is 16.6 Å². The lowest BCUT2D eigenvalue weighted by molar-refractivity contribution is -0.617. The highest BCUT2D eigenvalue weighted by Crippen LogP contribution is 2.09. The Kier molecular flexibility index (Phi) is 2.79. The smallest absolute Gasteiger partial charge is 0.359 e. The van der Waals surface area contributed by atoms with Gasteiger partial charge in [-0.05, 0) is 0 Å². The number of rotatable bonds is 3. The summed E-state index contributed by atoms with van der Waals surface area (Å²) in [6.07, 6.45) is 0. The molecule has 0 fully saturated rings. The van der Waals surface area contributed by atoms with Crippen LogP contribution in [0.2, 0.25) is 0 Å². The molecule has 16 heavy (non-hydrogen) atoms. The van der Waals surface area contributed by atoms with Crippen molar-refractivity contribution in [1.29, 1.82) is 0 Å². The molecule has 0 atom stereocenters. The summed E-state index contributed by atoms with van der Waals surface area (Å²) in [7, 11) is 0. The van der Waals surface area contributed by atoms with Crippen molar-refractivity contribution in [3.05, 3.63) is 47.4 Å². The minimum atomic E-state index is -1.44. The van der Waals surface area contributed by atoms with Gasteiger partial charge >= 0.3 is 5.82 Å². The third-order valence-corrected chi connectivity index (χ3v) is 1.24. The molecular formula is C3H2N7O6-. The van der Waals surface area contributed by atoms with Crippen LogP contribution in [-0.2, 0) is 0 Å². The van der Waals surface area contributed by atoms with Gasteiger partial charge in [-0.25, -0.2) is 10.1 Å². The van der Waals surface area contributed by atoms with Crippen molar-refractivity contribution in [3.63, 3.8) is 0 Å². The first-order valence-electron chi connectivity index (χ1n) is 3.41. The van der Waals surface area contributed by atoms with Crippen LogP contribution in [0.3, 0.4) is 0 Å². The maximum absolute atomic E-state index is 10.3. The summed E-state index contributed by atoms with van der Waals surface area (Å²) in [5.41, 5.74) is 6.52. The van der Waals surface area contributed by atoms with E-state index < -0.39 is 32.5 Å². The van der Waals surface area contributed by atoms with Gasteiger partial charge in [-0.2, -0.15) is 0 Å². The second kappa shape index (κ2) is 4.03. The highest BCUT2D eigenvalue weighted by molar-refractivity contribution is 5.91. The summed E-state index contributed by atoms with van der Waals surface area (Å²) in [4.78, 5) is 31.0. The summed E-state index contributed by atoms with van der Waals surface area (Å²) in [5, 5.41) is 29.3. The summed E-state index contributed by atoms with van der Waals surface area (Å²) < 4.78 is 0. The first-order chi connectivity index (χ1) is 7.41. The lowest BCUT2D eigenvalue weighted by Crippen LogP contribution is -2.31. The third kappa shape index (κ3) is 2.28. The molecule has 1 aliphatic heterocycles.